The van der Waals surface area contributed by atoms with E-state index in [-0.39, 0.29) is 17.5 Å². The Hall–Kier alpha value is -2.80. The number of anilines is 1. The lowest BCUT2D eigenvalue weighted by molar-refractivity contribution is -0.136. The van der Waals surface area contributed by atoms with E-state index in [4.69, 9.17) is 26.9 Å². The number of nitriles is 2. The lowest BCUT2D eigenvalue weighted by atomic mass is 10.0. The fraction of sp³-hybridized carbons (Fsp3) is 0.278. The summed E-state index contributed by atoms with van der Waals surface area (Å²) in [5, 5.41) is 30.7. The van der Waals surface area contributed by atoms with E-state index in [1.807, 2.05) is 6.07 Å². The van der Waals surface area contributed by atoms with Gasteiger partial charge in [-0.2, -0.15) is 10.5 Å². The van der Waals surface area contributed by atoms with E-state index in [1.165, 1.54) is 25.1 Å². The first-order valence-corrected chi connectivity index (χ1v) is 7.88. The van der Waals surface area contributed by atoms with Gasteiger partial charge in [-0.25, -0.2) is 0 Å². The number of carbonyl (C=O) groups is 1. The molecule has 1 amide bonds. The number of ether oxygens (including phenoxy) is 1. The van der Waals surface area contributed by atoms with Crippen LogP contribution in [0.15, 0.2) is 42.2 Å². The van der Waals surface area contributed by atoms with Gasteiger partial charge in [0.2, 0.25) is 0 Å². The van der Waals surface area contributed by atoms with Crippen LogP contribution < -0.4 is 5.32 Å². The molecule has 6 nitrogen and oxygen atoms in total. The topological polar surface area (TPSA) is 106 Å². The molecule has 0 aliphatic heterocycles. The van der Waals surface area contributed by atoms with Crippen LogP contribution in [0.3, 0.4) is 0 Å². The molecule has 0 radical (unpaired) electrons. The Morgan fingerprint density at radius 2 is 2.28 bits per heavy atom. The minimum Gasteiger partial charge on any atom is -0.490 e. The van der Waals surface area contributed by atoms with Gasteiger partial charge in [0, 0.05) is 5.69 Å². The summed E-state index contributed by atoms with van der Waals surface area (Å²) in [5.74, 6) is -0.346. The van der Waals surface area contributed by atoms with Gasteiger partial charge in [0.15, 0.2) is 5.60 Å². The van der Waals surface area contributed by atoms with Crippen LogP contribution in [0.4, 0.5) is 5.69 Å². The third-order valence-electron chi connectivity index (χ3n) is 3.59. The van der Waals surface area contributed by atoms with E-state index in [0.717, 1.165) is 0 Å². The number of nitrogens with one attached hydrogen (secondary N) is 1. The smallest absolute Gasteiger partial charge is 0.259 e. The van der Waals surface area contributed by atoms with Crippen LogP contribution in [0.1, 0.15) is 18.9 Å². The second-order valence-corrected chi connectivity index (χ2v) is 6.17. The number of nitrogens with zero attached hydrogens (tertiary/aromatic N) is 2. The predicted molar refractivity (Wildman–Crippen MR) is 92.3 cm³/mol. The van der Waals surface area contributed by atoms with Crippen molar-refractivity contribution in [2.24, 2.45) is 5.92 Å². The van der Waals surface area contributed by atoms with Gasteiger partial charge < -0.3 is 15.2 Å². The average molecular weight is 358 g/mol. The summed E-state index contributed by atoms with van der Waals surface area (Å²) in [5.41, 5.74) is -1.12. The predicted octanol–water partition coefficient (Wildman–Crippen LogP) is 2.90. The Kier molecular flexibility index (Phi) is 5.82. The largest absolute Gasteiger partial charge is 0.490 e. The van der Waals surface area contributed by atoms with Crippen molar-refractivity contribution < 1.29 is 14.6 Å². The molecule has 2 atom stereocenters. The van der Waals surface area contributed by atoms with Crippen molar-refractivity contribution in [1.82, 2.24) is 0 Å². The third kappa shape index (κ3) is 4.84. The summed E-state index contributed by atoms with van der Waals surface area (Å²) in [7, 11) is 0. The van der Waals surface area contributed by atoms with Crippen molar-refractivity contribution in [2.75, 3.05) is 11.9 Å². The van der Waals surface area contributed by atoms with Crippen LogP contribution in [-0.4, -0.2) is 23.2 Å². The van der Waals surface area contributed by atoms with Crippen molar-refractivity contribution in [2.45, 2.75) is 18.9 Å². The van der Waals surface area contributed by atoms with Gasteiger partial charge in [-0.3, -0.25) is 4.79 Å². The monoisotopic (exact) mass is 357 g/mol. The zero-order valence-corrected chi connectivity index (χ0v) is 14.2. The molecule has 7 heteroatoms. The molecule has 0 spiro atoms. The van der Waals surface area contributed by atoms with E-state index in [2.05, 4.69) is 11.4 Å². The number of allylic oxidation sites excluding steroid dienone is 3. The van der Waals surface area contributed by atoms with E-state index >= 15 is 0 Å². The van der Waals surface area contributed by atoms with Crippen molar-refractivity contribution in [3.8, 4) is 12.1 Å². The van der Waals surface area contributed by atoms with Crippen molar-refractivity contribution in [1.29, 1.82) is 10.5 Å². The first-order chi connectivity index (χ1) is 11.9. The summed E-state index contributed by atoms with van der Waals surface area (Å²) in [6, 6.07) is 8.48. The van der Waals surface area contributed by atoms with Gasteiger partial charge in [-0.1, -0.05) is 17.7 Å². The molecule has 0 saturated heterocycles. The summed E-state index contributed by atoms with van der Waals surface area (Å²) in [4.78, 5) is 12.2. The molecule has 0 bridgehead atoms. The van der Waals surface area contributed by atoms with Crippen LogP contribution in [0.5, 0.6) is 0 Å². The number of hydrogen-bond acceptors (Lipinski definition) is 5. The van der Waals surface area contributed by atoms with Crippen LogP contribution >= 0.6 is 11.6 Å². The van der Waals surface area contributed by atoms with Gasteiger partial charge in [-0.15, -0.1) is 0 Å². The first-order valence-electron chi connectivity index (χ1n) is 7.50. The Morgan fingerprint density at radius 3 is 2.84 bits per heavy atom. The van der Waals surface area contributed by atoms with E-state index < -0.39 is 11.5 Å². The summed E-state index contributed by atoms with van der Waals surface area (Å²) in [6.07, 6.45) is 5.62. The van der Waals surface area contributed by atoms with Crippen molar-refractivity contribution >= 4 is 23.2 Å². The number of hydrogen-bond donors (Lipinski definition) is 2. The molecule has 1 aliphatic rings. The van der Waals surface area contributed by atoms with E-state index in [9.17, 15) is 9.90 Å². The quantitative estimate of drug-likeness (QED) is 0.842. The highest BCUT2D eigenvalue weighted by atomic mass is 35.5. The highest BCUT2D eigenvalue weighted by Crippen LogP contribution is 2.22. The zero-order chi connectivity index (χ0) is 18.4. The number of halogens is 1. The molecule has 1 aliphatic carbocycles. The van der Waals surface area contributed by atoms with Crippen LogP contribution in [0.2, 0.25) is 5.02 Å². The Balaban J connectivity index is 1.95. The molecule has 1 aromatic carbocycles. The molecule has 128 valence electrons. The standard InChI is InChI=1S/C18H16ClN3O3/c1-18(24,11-25-15-6-2-12(9-20)3-7-15)17(23)22-14-5-4-13(10-21)16(19)8-14/h2,4-8,12,24H,3,11H2,1H3,(H,22,23)/t12?,18-/m1/s1. The molecule has 0 saturated carbocycles. The zero-order valence-electron chi connectivity index (χ0n) is 13.5. The number of benzene rings is 1. The number of amides is 1. The Labute approximate surface area is 150 Å². The number of carbonyl (C=O) groups excluding carboxylic acids is 1. The molecular weight excluding hydrogens is 342 g/mol. The molecule has 1 unspecified atom stereocenters. The number of rotatable bonds is 5. The maximum absolute atomic E-state index is 12.2. The van der Waals surface area contributed by atoms with Gasteiger partial charge in [0.1, 0.15) is 18.4 Å². The van der Waals surface area contributed by atoms with Crippen LogP contribution in [-0.2, 0) is 9.53 Å². The van der Waals surface area contributed by atoms with Gasteiger partial charge in [0.25, 0.3) is 5.91 Å². The minimum atomic E-state index is -1.78. The average Bonchev–Trinajstić information content (AvgIpc) is 2.60. The molecule has 0 heterocycles. The van der Waals surface area contributed by atoms with Gasteiger partial charge >= 0.3 is 0 Å². The summed E-state index contributed by atoms with van der Waals surface area (Å²) >= 11 is 5.91. The van der Waals surface area contributed by atoms with Crippen LogP contribution in [0.25, 0.3) is 0 Å². The van der Waals surface area contributed by atoms with Gasteiger partial charge in [0.05, 0.1) is 22.6 Å². The van der Waals surface area contributed by atoms with Crippen molar-refractivity contribution in [3.05, 3.63) is 52.8 Å². The fourth-order valence-corrected chi connectivity index (χ4v) is 2.26. The summed E-state index contributed by atoms with van der Waals surface area (Å²) < 4.78 is 5.44. The first kappa shape index (κ1) is 18.5. The molecule has 2 N–H and O–H groups in total. The minimum absolute atomic E-state index is 0.183. The summed E-state index contributed by atoms with van der Waals surface area (Å²) in [6.45, 7) is 1.08. The van der Waals surface area contributed by atoms with E-state index in [1.54, 1.807) is 18.2 Å². The Morgan fingerprint density at radius 1 is 1.52 bits per heavy atom. The fourth-order valence-electron chi connectivity index (χ4n) is 2.04. The highest BCUT2D eigenvalue weighted by molar-refractivity contribution is 6.32. The van der Waals surface area contributed by atoms with Crippen molar-refractivity contribution in [3.63, 3.8) is 0 Å². The SMILES string of the molecule is C[C@@](O)(COC1=CCC(C#N)C=C1)C(=O)Nc1ccc(C#N)c(Cl)c1. The third-order valence-corrected chi connectivity index (χ3v) is 3.90. The van der Waals surface area contributed by atoms with Gasteiger partial charge in [-0.05, 0) is 43.7 Å². The van der Waals surface area contributed by atoms with Crippen LogP contribution in [0, 0.1) is 28.6 Å². The molecule has 0 aromatic heterocycles. The maximum atomic E-state index is 12.2. The van der Waals surface area contributed by atoms with E-state index in [0.29, 0.717) is 23.4 Å². The second kappa shape index (κ2) is 7.85. The maximum Gasteiger partial charge on any atom is 0.259 e. The molecule has 0 fully saturated rings. The second-order valence-electron chi connectivity index (χ2n) is 5.76. The molecule has 2 rings (SSSR count). The highest BCUT2D eigenvalue weighted by Gasteiger charge is 2.32. The Bertz CT molecular complexity index is 816. The normalized spacial score (nSPS) is 18.3. The molecule has 1 aromatic rings. The lowest BCUT2D eigenvalue weighted by Crippen LogP contribution is -2.44. The molecular formula is C18H16ClN3O3. The number of aliphatic hydroxyl groups is 1. The molecule has 25 heavy (non-hydrogen) atoms. The lowest BCUT2D eigenvalue weighted by Gasteiger charge is -2.23.